The number of nitrogens with one attached hydrogen (secondary N) is 1. The van der Waals surface area contributed by atoms with Crippen molar-refractivity contribution in [1.29, 1.82) is 0 Å². The van der Waals surface area contributed by atoms with Crippen molar-refractivity contribution >= 4 is 5.69 Å². The summed E-state index contributed by atoms with van der Waals surface area (Å²) in [5.74, 6) is 1.12. The first-order valence-electron chi connectivity index (χ1n) is 6.58. The summed E-state index contributed by atoms with van der Waals surface area (Å²) in [5.41, 5.74) is -0.171. The Morgan fingerprint density at radius 1 is 1.26 bits per heavy atom. The van der Waals surface area contributed by atoms with Gasteiger partial charge in [-0.3, -0.25) is 0 Å². The lowest BCUT2D eigenvalue weighted by Crippen LogP contribution is -2.45. The minimum atomic E-state index is -4.31. The highest BCUT2D eigenvalue weighted by atomic mass is 19.4. The van der Waals surface area contributed by atoms with E-state index in [2.05, 4.69) is 12.2 Å². The van der Waals surface area contributed by atoms with E-state index in [-0.39, 0.29) is 12.1 Å². The summed E-state index contributed by atoms with van der Waals surface area (Å²) in [5, 5.41) is 3.22. The zero-order valence-electron chi connectivity index (χ0n) is 10.6. The summed E-state index contributed by atoms with van der Waals surface area (Å²) in [4.78, 5) is 0. The summed E-state index contributed by atoms with van der Waals surface area (Å²) < 4.78 is 43.9. The first-order valence-corrected chi connectivity index (χ1v) is 6.58. The van der Waals surface area contributed by atoms with Crippen LogP contribution in [-0.2, 0) is 6.18 Å². The maximum absolute atomic E-state index is 12.7. The van der Waals surface area contributed by atoms with Gasteiger partial charge in [-0.15, -0.1) is 0 Å². The third-order valence-electron chi connectivity index (χ3n) is 3.98. The van der Waals surface area contributed by atoms with Crippen molar-refractivity contribution in [3.63, 3.8) is 0 Å². The molecule has 1 aromatic carbocycles. The third kappa shape index (κ3) is 2.38. The Kier molecular flexibility index (Phi) is 2.87. The van der Waals surface area contributed by atoms with Gasteiger partial charge in [0.05, 0.1) is 17.3 Å². The molecule has 1 aliphatic carbocycles. The average molecular weight is 271 g/mol. The Labute approximate surface area is 109 Å². The summed E-state index contributed by atoms with van der Waals surface area (Å²) in [6.07, 6.45) is -1.22. The van der Waals surface area contributed by atoms with Crippen LogP contribution in [0.3, 0.4) is 0 Å². The van der Waals surface area contributed by atoms with Gasteiger partial charge >= 0.3 is 6.18 Å². The van der Waals surface area contributed by atoms with Gasteiger partial charge in [-0.25, -0.2) is 0 Å². The first kappa shape index (κ1) is 12.6. The molecule has 104 valence electrons. The van der Waals surface area contributed by atoms with Gasteiger partial charge in [-0.2, -0.15) is 13.2 Å². The normalized spacial score (nSPS) is 29.8. The fourth-order valence-corrected chi connectivity index (χ4v) is 2.93. The van der Waals surface area contributed by atoms with Crippen LogP contribution in [0.4, 0.5) is 18.9 Å². The lowest BCUT2D eigenvalue weighted by atomic mass is 9.84. The van der Waals surface area contributed by atoms with Crippen LogP contribution in [0, 0.1) is 5.92 Å². The Hall–Kier alpha value is -1.39. The van der Waals surface area contributed by atoms with E-state index < -0.39 is 11.7 Å². The van der Waals surface area contributed by atoms with E-state index in [0.717, 1.165) is 31.4 Å². The minimum Gasteiger partial charge on any atom is -0.486 e. The van der Waals surface area contributed by atoms with E-state index in [1.54, 1.807) is 0 Å². The number of halogens is 3. The Balaban J connectivity index is 1.89. The molecule has 19 heavy (non-hydrogen) atoms. The number of alkyl halides is 3. The van der Waals surface area contributed by atoms with E-state index in [1.165, 1.54) is 6.07 Å². The Morgan fingerprint density at radius 3 is 2.79 bits per heavy atom. The topological polar surface area (TPSA) is 21.3 Å². The van der Waals surface area contributed by atoms with Crippen LogP contribution in [0.25, 0.3) is 0 Å². The number of hydrogen-bond donors (Lipinski definition) is 1. The van der Waals surface area contributed by atoms with Crippen molar-refractivity contribution < 1.29 is 17.9 Å². The molecule has 1 aliphatic heterocycles. The fraction of sp³-hybridized carbons (Fsp3) is 0.571. The molecule has 3 rings (SSSR count). The molecule has 0 radical (unpaired) electrons. The van der Waals surface area contributed by atoms with Crippen LogP contribution in [-0.4, -0.2) is 12.1 Å². The summed E-state index contributed by atoms with van der Waals surface area (Å²) >= 11 is 0. The predicted octanol–water partition coefficient (Wildman–Crippen LogP) is 4.07. The number of hydrogen-bond acceptors (Lipinski definition) is 2. The van der Waals surface area contributed by atoms with Crippen LogP contribution < -0.4 is 10.1 Å². The maximum Gasteiger partial charge on any atom is 0.416 e. The van der Waals surface area contributed by atoms with Gasteiger partial charge in [0, 0.05) is 0 Å². The van der Waals surface area contributed by atoms with E-state index in [9.17, 15) is 13.2 Å². The molecule has 0 amide bonds. The van der Waals surface area contributed by atoms with E-state index in [4.69, 9.17) is 4.74 Å². The zero-order chi connectivity index (χ0) is 13.6. The molecule has 2 nitrogen and oxygen atoms in total. The molecule has 3 unspecified atom stereocenters. The minimum absolute atomic E-state index is 0.0837. The van der Waals surface area contributed by atoms with Crippen molar-refractivity contribution in [1.82, 2.24) is 0 Å². The monoisotopic (exact) mass is 271 g/mol. The molecular formula is C14H16F3NO. The standard InChI is InChI=1S/C14H16F3NO/c1-8-2-4-12-10(6-8)18-11-7-9(14(15,16)17)3-5-13(11)19-12/h3,5,7-8,10,12,18H,2,4,6H2,1H3. The lowest BCUT2D eigenvalue weighted by Gasteiger charge is -2.40. The van der Waals surface area contributed by atoms with Crippen molar-refractivity contribution in [2.24, 2.45) is 5.92 Å². The Morgan fingerprint density at radius 2 is 2.05 bits per heavy atom. The zero-order valence-corrected chi connectivity index (χ0v) is 10.6. The van der Waals surface area contributed by atoms with Crippen LogP contribution >= 0.6 is 0 Å². The molecule has 1 N–H and O–H groups in total. The van der Waals surface area contributed by atoms with Gasteiger partial charge in [0.1, 0.15) is 11.9 Å². The SMILES string of the molecule is CC1CCC2Oc3ccc(C(F)(F)F)cc3NC2C1. The highest BCUT2D eigenvalue weighted by Crippen LogP contribution is 2.41. The summed E-state index contributed by atoms with van der Waals surface area (Å²) in [7, 11) is 0. The third-order valence-corrected chi connectivity index (χ3v) is 3.98. The molecule has 1 aromatic rings. The molecule has 5 heteroatoms. The second-order valence-corrected chi connectivity index (χ2v) is 5.53. The van der Waals surface area contributed by atoms with E-state index in [1.807, 2.05) is 0 Å². The van der Waals surface area contributed by atoms with Crippen LogP contribution in [0.1, 0.15) is 31.7 Å². The first-order chi connectivity index (χ1) is 8.93. The smallest absolute Gasteiger partial charge is 0.416 e. The van der Waals surface area contributed by atoms with Crippen molar-refractivity contribution in [3.05, 3.63) is 23.8 Å². The number of fused-ring (bicyclic) bond motifs is 2. The highest BCUT2D eigenvalue weighted by molar-refractivity contribution is 5.61. The second-order valence-electron chi connectivity index (χ2n) is 5.53. The van der Waals surface area contributed by atoms with Gasteiger partial charge in [-0.05, 0) is 43.4 Å². The average Bonchev–Trinajstić information content (AvgIpc) is 2.34. The quantitative estimate of drug-likeness (QED) is 0.768. The molecule has 1 heterocycles. The van der Waals surface area contributed by atoms with Crippen LogP contribution in [0.15, 0.2) is 18.2 Å². The Bertz CT molecular complexity index is 486. The van der Waals surface area contributed by atoms with Gasteiger partial charge in [0.2, 0.25) is 0 Å². The molecule has 0 aromatic heterocycles. The molecule has 3 atom stereocenters. The van der Waals surface area contributed by atoms with Crippen LogP contribution in [0.2, 0.25) is 0 Å². The highest BCUT2D eigenvalue weighted by Gasteiger charge is 2.36. The summed E-state index contributed by atoms with van der Waals surface area (Å²) in [6, 6.07) is 3.76. The molecule has 1 fully saturated rings. The molecule has 0 bridgehead atoms. The molecular weight excluding hydrogens is 255 g/mol. The molecule has 2 aliphatic rings. The predicted molar refractivity (Wildman–Crippen MR) is 66.3 cm³/mol. The molecule has 0 spiro atoms. The van der Waals surface area contributed by atoms with Gasteiger partial charge in [-0.1, -0.05) is 6.92 Å². The number of ether oxygens (including phenoxy) is 1. The van der Waals surface area contributed by atoms with Gasteiger partial charge < -0.3 is 10.1 Å². The van der Waals surface area contributed by atoms with Crippen LogP contribution in [0.5, 0.6) is 5.75 Å². The lowest BCUT2D eigenvalue weighted by molar-refractivity contribution is -0.137. The largest absolute Gasteiger partial charge is 0.486 e. The summed E-state index contributed by atoms with van der Waals surface area (Å²) in [6.45, 7) is 2.17. The van der Waals surface area contributed by atoms with Gasteiger partial charge in [0.25, 0.3) is 0 Å². The second kappa shape index (κ2) is 4.32. The van der Waals surface area contributed by atoms with E-state index in [0.29, 0.717) is 17.4 Å². The fourth-order valence-electron chi connectivity index (χ4n) is 2.93. The molecule has 0 saturated heterocycles. The number of anilines is 1. The van der Waals surface area contributed by atoms with Gasteiger partial charge in [0.15, 0.2) is 0 Å². The van der Waals surface area contributed by atoms with E-state index >= 15 is 0 Å². The van der Waals surface area contributed by atoms with Crippen molar-refractivity contribution in [3.8, 4) is 5.75 Å². The molecule has 1 saturated carbocycles. The number of benzene rings is 1. The van der Waals surface area contributed by atoms with Crippen molar-refractivity contribution in [2.45, 2.75) is 44.5 Å². The maximum atomic E-state index is 12.7. The van der Waals surface area contributed by atoms with Crippen molar-refractivity contribution in [2.75, 3.05) is 5.32 Å². The number of rotatable bonds is 0.